The summed E-state index contributed by atoms with van der Waals surface area (Å²) in [5.74, 6) is 0. The van der Waals surface area contributed by atoms with E-state index in [1.807, 2.05) is 18.2 Å². The first-order valence-corrected chi connectivity index (χ1v) is 6.72. The molecule has 1 aromatic carbocycles. The Kier molecular flexibility index (Phi) is 6.90. The van der Waals surface area contributed by atoms with E-state index in [9.17, 15) is 0 Å². The number of nitrogens with zero attached hydrogens (tertiary/aromatic N) is 1. The van der Waals surface area contributed by atoms with E-state index in [2.05, 4.69) is 24.2 Å². The molecule has 0 heterocycles. The first-order chi connectivity index (χ1) is 8.13. The lowest BCUT2D eigenvalue weighted by Gasteiger charge is -2.14. The Morgan fingerprint density at radius 2 is 2.00 bits per heavy atom. The van der Waals surface area contributed by atoms with Crippen molar-refractivity contribution in [1.82, 2.24) is 10.2 Å². The number of benzene rings is 1. The van der Waals surface area contributed by atoms with E-state index in [1.54, 1.807) is 0 Å². The summed E-state index contributed by atoms with van der Waals surface area (Å²) in [4.78, 5) is 2.28. The molecule has 0 unspecified atom stereocenters. The average molecular weight is 275 g/mol. The largest absolute Gasteiger partial charge is 0.315 e. The smallest absolute Gasteiger partial charge is 0.0439 e. The van der Waals surface area contributed by atoms with Crippen LogP contribution in [0.25, 0.3) is 0 Å². The summed E-state index contributed by atoms with van der Waals surface area (Å²) < 4.78 is 0. The molecule has 0 radical (unpaired) electrons. The first-order valence-electron chi connectivity index (χ1n) is 5.96. The molecule has 0 spiro atoms. The predicted octanol–water partition coefficient (Wildman–Crippen LogP) is 3.08. The van der Waals surface area contributed by atoms with Crippen LogP contribution in [0.15, 0.2) is 18.2 Å². The highest BCUT2D eigenvalue weighted by Crippen LogP contribution is 2.20. The molecule has 0 amide bonds. The molecular formula is C13H20Cl2N2. The number of nitrogens with one attached hydrogen (secondary N) is 1. The summed E-state index contributed by atoms with van der Waals surface area (Å²) in [5, 5.41) is 4.94. The summed E-state index contributed by atoms with van der Waals surface area (Å²) >= 11 is 12.0. The second-order valence-corrected chi connectivity index (χ2v) is 4.98. The van der Waals surface area contributed by atoms with Gasteiger partial charge in [-0.1, -0.05) is 30.1 Å². The van der Waals surface area contributed by atoms with Gasteiger partial charge in [0.25, 0.3) is 0 Å². The van der Waals surface area contributed by atoms with Crippen LogP contribution in [0.4, 0.5) is 0 Å². The fraction of sp³-hybridized carbons (Fsp3) is 0.538. The van der Waals surface area contributed by atoms with Gasteiger partial charge in [0.2, 0.25) is 0 Å². The van der Waals surface area contributed by atoms with Gasteiger partial charge >= 0.3 is 0 Å². The normalized spacial score (nSPS) is 11.1. The summed E-state index contributed by atoms with van der Waals surface area (Å²) in [6, 6.07) is 5.60. The summed E-state index contributed by atoms with van der Waals surface area (Å²) in [7, 11) is 2.12. The van der Waals surface area contributed by atoms with E-state index in [4.69, 9.17) is 23.2 Å². The minimum Gasteiger partial charge on any atom is -0.315 e. The van der Waals surface area contributed by atoms with Crippen LogP contribution in [0, 0.1) is 0 Å². The molecular weight excluding hydrogens is 255 g/mol. The summed E-state index contributed by atoms with van der Waals surface area (Å²) in [5.41, 5.74) is 1.11. The third-order valence-electron chi connectivity index (χ3n) is 2.79. The van der Waals surface area contributed by atoms with Crippen LogP contribution in [0.3, 0.4) is 0 Å². The van der Waals surface area contributed by atoms with E-state index in [0.717, 1.165) is 48.2 Å². The van der Waals surface area contributed by atoms with Crippen molar-refractivity contribution in [2.45, 2.75) is 13.3 Å². The van der Waals surface area contributed by atoms with Crippen molar-refractivity contribution < 1.29 is 0 Å². The van der Waals surface area contributed by atoms with E-state index < -0.39 is 0 Å². The predicted molar refractivity (Wildman–Crippen MR) is 76.2 cm³/mol. The lowest BCUT2D eigenvalue weighted by Crippen LogP contribution is -2.30. The molecule has 0 bridgehead atoms. The standard InChI is InChI=1S/C13H20Cl2N2/c1-3-17(2)9-8-16-7-6-11-10-12(14)4-5-13(11)15/h4-5,10,16H,3,6-9H2,1-2H3. The van der Waals surface area contributed by atoms with Gasteiger partial charge in [0.15, 0.2) is 0 Å². The molecule has 1 aromatic rings. The SMILES string of the molecule is CCN(C)CCNCCc1cc(Cl)ccc1Cl. The quantitative estimate of drug-likeness (QED) is 0.769. The molecule has 4 heteroatoms. The van der Waals surface area contributed by atoms with Crippen molar-refractivity contribution in [2.24, 2.45) is 0 Å². The zero-order valence-corrected chi connectivity index (χ0v) is 12.0. The zero-order chi connectivity index (χ0) is 12.7. The molecule has 0 fully saturated rings. The van der Waals surface area contributed by atoms with Crippen LogP contribution in [-0.2, 0) is 6.42 Å². The number of hydrogen-bond acceptors (Lipinski definition) is 2. The first kappa shape index (κ1) is 14.8. The Morgan fingerprint density at radius 1 is 1.24 bits per heavy atom. The minimum atomic E-state index is 0.745. The number of hydrogen-bond donors (Lipinski definition) is 1. The number of likely N-dealkylation sites (N-methyl/N-ethyl adjacent to an activating group) is 1. The lowest BCUT2D eigenvalue weighted by atomic mass is 10.1. The summed E-state index contributed by atoms with van der Waals surface area (Å²) in [6.45, 7) is 6.24. The maximum atomic E-state index is 6.09. The molecule has 0 aliphatic carbocycles. The third-order valence-corrected chi connectivity index (χ3v) is 3.39. The van der Waals surface area contributed by atoms with Crippen molar-refractivity contribution in [3.05, 3.63) is 33.8 Å². The molecule has 17 heavy (non-hydrogen) atoms. The average Bonchev–Trinajstić information content (AvgIpc) is 2.32. The van der Waals surface area contributed by atoms with Gasteiger partial charge in [0, 0.05) is 23.1 Å². The highest BCUT2D eigenvalue weighted by molar-refractivity contribution is 6.33. The third kappa shape index (κ3) is 5.73. The van der Waals surface area contributed by atoms with Gasteiger partial charge in [-0.3, -0.25) is 0 Å². The van der Waals surface area contributed by atoms with E-state index in [1.165, 1.54) is 0 Å². The highest BCUT2D eigenvalue weighted by Gasteiger charge is 2.01. The lowest BCUT2D eigenvalue weighted by molar-refractivity contribution is 0.349. The molecule has 0 saturated heterocycles. The highest BCUT2D eigenvalue weighted by atomic mass is 35.5. The molecule has 0 atom stereocenters. The number of rotatable bonds is 7. The van der Waals surface area contributed by atoms with Crippen molar-refractivity contribution in [3.8, 4) is 0 Å². The van der Waals surface area contributed by atoms with Crippen molar-refractivity contribution in [3.63, 3.8) is 0 Å². The Hall–Kier alpha value is -0.280. The van der Waals surface area contributed by atoms with Crippen LogP contribution in [-0.4, -0.2) is 38.1 Å². The second kappa shape index (κ2) is 7.93. The fourth-order valence-corrected chi connectivity index (χ4v) is 1.92. The van der Waals surface area contributed by atoms with Crippen LogP contribution in [0.2, 0.25) is 10.0 Å². The van der Waals surface area contributed by atoms with Crippen molar-refractivity contribution in [1.29, 1.82) is 0 Å². The van der Waals surface area contributed by atoms with Gasteiger partial charge in [-0.25, -0.2) is 0 Å². The monoisotopic (exact) mass is 274 g/mol. The molecule has 1 N–H and O–H groups in total. The van der Waals surface area contributed by atoms with E-state index in [0.29, 0.717) is 0 Å². The Morgan fingerprint density at radius 3 is 2.71 bits per heavy atom. The minimum absolute atomic E-state index is 0.745. The molecule has 1 rings (SSSR count). The summed E-state index contributed by atoms with van der Waals surface area (Å²) in [6.07, 6.45) is 0.912. The van der Waals surface area contributed by atoms with Gasteiger partial charge in [-0.2, -0.15) is 0 Å². The Labute approximate surface area is 114 Å². The van der Waals surface area contributed by atoms with Crippen LogP contribution < -0.4 is 5.32 Å². The van der Waals surface area contributed by atoms with Crippen LogP contribution >= 0.6 is 23.2 Å². The molecule has 0 saturated carbocycles. The molecule has 0 aromatic heterocycles. The van der Waals surface area contributed by atoms with Gasteiger partial charge < -0.3 is 10.2 Å². The molecule has 0 aliphatic rings. The van der Waals surface area contributed by atoms with Crippen LogP contribution in [0.5, 0.6) is 0 Å². The fourth-order valence-electron chi connectivity index (χ4n) is 1.51. The maximum Gasteiger partial charge on any atom is 0.0439 e. The van der Waals surface area contributed by atoms with Gasteiger partial charge in [-0.05, 0) is 50.3 Å². The maximum absolute atomic E-state index is 6.09. The van der Waals surface area contributed by atoms with E-state index in [-0.39, 0.29) is 0 Å². The van der Waals surface area contributed by atoms with Crippen LogP contribution in [0.1, 0.15) is 12.5 Å². The van der Waals surface area contributed by atoms with Gasteiger partial charge in [0.05, 0.1) is 0 Å². The Bertz CT molecular complexity index is 342. The van der Waals surface area contributed by atoms with E-state index >= 15 is 0 Å². The number of halogens is 2. The molecule has 0 aliphatic heterocycles. The topological polar surface area (TPSA) is 15.3 Å². The Balaban J connectivity index is 2.24. The molecule has 96 valence electrons. The second-order valence-electron chi connectivity index (χ2n) is 4.13. The zero-order valence-electron chi connectivity index (χ0n) is 10.5. The molecule has 2 nitrogen and oxygen atoms in total. The van der Waals surface area contributed by atoms with Gasteiger partial charge in [0.1, 0.15) is 0 Å². The van der Waals surface area contributed by atoms with Crippen molar-refractivity contribution >= 4 is 23.2 Å². The van der Waals surface area contributed by atoms with Gasteiger partial charge in [-0.15, -0.1) is 0 Å². The van der Waals surface area contributed by atoms with Crippen molar-refractivity contribution in [2.75, 3.05) is 33.2 Å².